The summed E-state index contributed by atoms with van der Waals surface area (Å²) in [7, 11) is 2.11. The summed E-state index contributed by atoms with van der Waals surface area (Å²) in [5.41, 5.74) is 0. The lowest BCUT2D eigenvalue weighted by Gasteiger charge is -2.25. The van der Waals surface area contributed by atoms with Gasteiger partial charge in [0.15, 0.2) is 0 Å². The molecule has 0 radical (unpaired) electrons. The van der Waals surface area contributed by atoms with E-state index in [1.807, 2.05) is 0 Å². The van der Waals surface area contributed by atoms with Crippen molar-refractivity contribution in [1.82, 2.24) is 15.5 Å². The van der Waals surface area contributed by atoms with Gasteiger partial charge in [0.2, 0.25) is 11.8 Å². The number of nitrogens with zero attached hydrogens (tertiary/aromatic N) is 1. The highest BCUT2D eigenvalue weighted by atomic mass is 16.2. The van der Waals surface area contributed by atoms with Crippen molar-refractivity contribution in [1.29, 1.82) is 0 Å². The second kappa shape index (κ2) is 4.51. The van der Waals surface area contributed by atoms with Crippen molar-refractivity contribution < 1.29 is 9.59 Å². The van der Waals surface area contributed by atoms with Crippen LogP contribution in [0.5, 0.6) is 0 Å². The number of hydrogen-bond donors (Lipinski definition) is 2. The molecular weight excluding hydrogens is 206 g/mol. The van der Waals surface area contributed by atoms with E-state index in [2.05, 4.69) is 29.5 Å². The molecule has 0 spiro atoms. The molecule has 2 unspecified atom stereocenters. The van der Waals surface area contributed by atoms with E-state index in [0.29, 0.717) is 6.04 Å². The van der Waals surface area contributed by atoms with Crippen molar-refractivity contribution in [3.8, 4) is 0 Å². The Labute approximate surface area is 95.6 Å². The molecule has 0 aromatic heterocycles. The molecule has 1 aliphatic heterocycles. The minimum Gasteiger partial charge on any atom is -0.304 e. The molecule has 0 bridgehead atoms. The molecule has 2 atom stereocenters. The van der Waals surface area contributed by atoms with Crippen LogP contribution in [-0.4, -0.2) is 48.4 Å². The molecule has 0 aromatic rings. The average molecular weight is 225 g/mol. The van der Waals surface area contributed by atoms with E-state index in [9.17, 15) is 9.59 Å². The van der Waals surface area contributed by atoms with Crippen LogP contribution in [0.2, 0.25) is 0 Å². The van der Waals surface area contributed by atoms with Crippen LogP contribution >= 0.6 is 0 Å². The molecule has 5 heteroatoms. The Morgan fingerprint density at radius 1 is 1.50 bits per heavy atom. The summed E-state index contributed by atoms with van der Waals surface area (Å²) in [6, 6.07) is 0.786. The van der Waals surface area contributed by atoms with Gasteiger partial charge in [0.1, 0.15) is 0 Å². The second-order valence-corrected chi connectivity index (χ2v) is 4.82. The van der Waals surface area contributed by atoms with Crippen LogP contribution in [0.25, 0.3) is 0 Å². The van der Waals surface area contributed by atoms with Crippen molar-refractivity contribution in [2.24, 2.45) is 0 Å². The molecule has 2 aliphatic rings. The Morgan fingerprint density at radius 3 is 2.69 bits per heavy atom. The van der Waals surface area contributed by atoms with Crippen molar-refractivity contribution in [2.45, 2.75) is 44.3 Å². The molecule has 16 heavy (non-hydrogen) atoms. The van der Waals surface area contributed by atoms with Gasteiger partial charge >= 0.3 is 0 Å². The van der Waals surface area contributed by atoms with Crippen LogP contribution < -0.4 is 10.6 Å². The predicted octanol–water partition coefficient (Wildman–Crippen LogP) is -0.526. The fourth-order valence-corrected chi connectivity index (χ4v) is 2.02. The van der Waals surface area contributed by atoms with Gasteiger partial charge in [-0.3, -0.25) is 19.8 Å². The minimum absolute atomic E-state index is 0.175. The maximum Gasteiger partial charge on any atom is 0.244 e. The zero-order valence-corrected chi connectivity index (χ0v) is 9.82. The van der Waals surface area contributed by atoms with Crippen molar-refractivity contribution in [3.05, 3.63) is 0 Å². The number of rotatable bonds is 5. The summed E-state index contributed by atoms with van der Waals surface area (Å²) >= 11 is 0. The third-order valence-electron chi connectivity index (χ3n) is 3.45. The number of amides is 2. The van der Waals surface area contributed by atoms with Crippen LogP contribution in [-0.2, 0) is 9.59 Å². The molecule has 2 rings (SSSR count). The monoisotopic (exact) mass is 225 g/mol. The SMILES string of the molecule is CC(CNC1CC(=O)NC1=O)N(C)C1CC1. The lowest BCUT2D eigenvalue weighted by atomic mass is 10.2. The number of nitrogens with one attached hydrogen (secondary N) is 2. The van der Waals surface area contributed by atoms with Gasteiger partial charge in [0.05, 0.1) is 12.5 Å². The first-order chi connectivity index (χ1) is 7.58. The maximum atomic E-state index is 11.3. The number of likely N-dealkylation sites (N-methyl/N-ethyl adjacent to an activating group) is 1. The summed E-state index contributed by atoms with van der Waals surface area (Å²) in [5, 5.41) is 5.45. The molecule has 2 fully saturated rings. The van der Waals surface area contributed by atoms with Gasteiger partial charge in [-0.25, -0.2) is 0 Å². The smallest absolute Gasteiger partial charge is 0.244 e. The van der Waals surface area contributed by atoms with Crippen LogP contribution in [0.4, 0.5) is 0 Å². The van der Waals surface area contributed by atoms with Crippen molar-refractivity contribution >= 4 is 11.8 Å². The van der Waals surface area contributed by atoms with E-state index in [4.69, 9.17) is 0 Å². The third kappa shape index (κ3) is 2.59. The van der Waals surface area contributed by atoms with Gasteiger partial charge < -0.3 is 5.32 Å². The summed E-state index contributed by atoms with van der Waals surface area (Å²) in [4.78, 5) is 24.6. The number of carbonyl (C=O) groups is 2. The van der Waals surface area contributed by atoms with Crippen molar-refractivity contribution in [3.63, 3.8) is 0 Å². The molecule has 90 valence electrons. The summed E-state index contributed by atoms with van der Waals surface area (Å²) in [5.74, 6) is -0.364. The third-order valence-corrected chi connectivity index (χ3v) is 3.45. The number of hydrogen-bond acceptors (Lipinski definition) is 4. The van der Waals surface area contributed by atoms with Gasteiger partial charge in [-0.15, -0.1) is 0 Å². The molecule has 5 nitrogen and oxygen atoms in total. The van der Waals surface area contributed by atoms with Gasteiger partial charge in [0, 0.05) is 18.6 Å². The molecule has 2 N–H and O–H groups in total. The van der Waals surface area contributed by atoms with Gasteiger partial charge in [-0.2, -0.15) is 0 Å². The fourth-order valence-electron chi connectivity index (χ4n) is 2.02. The zero-order chi connectivity index (χ0) is 11.7. The van der Waals surface area contributed by atoms with Gasteiger partial charge in [-0.05, 0) is 26.8 Å². The Hall–Kier alpha value is -0.940. The Morgan fingerprint density at radius 2 is 2.19 bits per heavy atom. The van der Waals surface area contributed by atoms with E-state index >= 15 is 0 Å². The lowest BCUT2D eigenvalue weighted by Crippen LogP contribution is -2.45. The van der Waals surface area contributed by atoms with Crippen LogP contribution in [0.1, 0.15) is 26.2 Å². The Kier molecular flexibility index (Phi) is 3.25. The van der Waals surface area contributed by atoms with E-state index in [-0.39, 0.29) is 24.3 Å². The van der Waals surface area contributed by atoms with E-state index < -0.39 is 0 Å². The van der Waals surface area contributed by atoms with Gasteiger partial charge in [-0.1, -0.05) is 0 Å². The second-order valence-electron chi connectivity index (χ2n) is 4.82. The fraction of sp³-hybridized carbons (Fsp3) is 0.818. The van der Waals surface area contributed by atoms with E-state index in [0.717, 1.165) is 12.6 Å². The zero-order valence-electron chi connectivity index (χ0n) is 9.82. The van der Waals surface area contributed by atoms with Crippen LogP contribution in [0.3, 0.4) is 0 Å². The highest BCUT2D eigenvalue weighted by molar-refractivity contribution is 6.05. The van der Waals surface area contributed by atoms with E-state index in [1.165, 1.54) is 12.8 Å². The lowest BCUT2D eigenvalue weighted by molar-refractivity contribution is -0.125. The normalized spacial score (nSPS) is 27.3. The molecule has 2 amide bonds. The summed E-state index contributed by atoms with van der Waals surface area (Å²) in [6.45, 7) is 2.89. The van der Waals surface area contributed by atoms with Gasteiger partial charge in [0.25, 0.3) is 0 Å². The highest BCUT2D eigenvalue weighted by Gasteiger charge is 2.32. The average Bonchev–Trinajstić information content (AvgIpc) is 3.01. The number of imide groups is 1. The standard InChI is InChI=1S/C11H19N3O2/c1-7(14(2)8-3-4-8)6-12-9-5-10(15)13-11(9)16/h7-9,12H,3-6H2,1-2H3,(H,13,15,16). The first kappa shape index (κ1) is 11.5. The molecule has 1 aliphatic carbocycles. The molecule has 0 aromatic carbocycles. The first-order valence-electron chi connectivity index (χ1n) is 5.87. The number of carbonyl (C=O) groups excluding carboxylic acids is 2. The van der Waals surface area contributed by atoms with Crippen LogP contribution in [0.15, 0.2) is 0 Å². The first-order valence-corrected chi connectivity index (χ1v) is 5.87. The minimum atomic E-state index is -0.331. The molecule has 1 saturated heterocycles. The maximum absolute atomic E-state index is 11.3. The quantitative estimate of drug-likeness (QED) is 0.618. The predicted molar refractivity (Wildman–Crippen MR) is 59.8 cm³/mol. The van der Waals surface area contributed by atoms with Crippen LogP contribution in [0, 0.1) is 0 Å². The van der Waals surface area contributed by atoms with Crippen molar-refractivity contribution in [2.75, 3.05) is 13.6 Å². The molecule has 1 heterocycles. The Balaban J connectivity index is 1.74. The summed E-state index contributed by atoms with van der Waals surface area (Å²) < 4.78 is 0. The van der Waals surface area contributed by atoms with E-state index in [1.54, 1.807) is 0 Å². The molecule has 1 saturated carbocycles. The Bertz CT molecular complexity index is 302. The highest BCUT2D eigenvalue weighted by Crippen LogP contribution is 2.26. The summed E-state index contributed by atoms with van der Waals surface area (Å²) in [6.07, 6.45) is 2.84. The topological polar surface area (TPSA) is 61.4 Å². The largest absolute Gasteiger partial charge is 0.304 e. The molecular formula is C11H19N3O2.